The van der Waals surface area contributed by atoms with Crippen molar-refractivity contribution in [2.45, 2.75) is 113 Å². The second kappa shape index (κ2) is 16.1. The lowest BCUT2D eigenvalue weighted by molar-refractivity contribution is -0.142. The summed E-state index contributed by atoms with van der Waals surface area (Å²) < 4.78 is 81.7. The Hall–Kier alpha value is -5.16. The highest BCUT2D eigenvalue weighted by Gasteiger charge is 2.61. The zero-order chi connectivity index (χ0) is 43.7. The molecule has 10 rings (SSSR count). The third-order valence-electron chi connectivity index (χ3n) is 13.3. The number of ether oxygens (including phenoxy) is 1. The molecule has 0 radical (unpaired) electrons. The minimum atomic E-state index is -4.54. The number of halogens is 3. The van der Waals surface area contributed by atoms with Crippen molar-refractivity contribution < 1.29 is 45.1 Å². The van der Waals surface area contributed by atoms with Crippen LogP contribution < -0.4 is 9.46 Å². The molecule has 2 aliphatic heterocycles. The molecule has 2 amide bonds. The van der Waals surface area contributed by atoms with Crippen LogP contribution in [-0.4, -0.2) is 69.8 Å². The highest BCUT2D eigenvalue weighted by molar-refractivity contribution is 7.90. The fourth-order valence-electron chi connectivity index (χ4n) is 9.60. The van der Waals surface area contributed by atoms with E-state index in [1.807, 2.05) is 18.2 Å². The van der Waals surface area contributed by atoms with Crippen LogP contribution in [-0.2, 0) is 49.8 Å². The number of carbonyl (C=O) groups is 3. The molecule has 5 atom stereocenters. The van der Waals surface area contributed by atoms with Crippen LogP contribution in [0.3, 0.4) is 0 Å². The van der Waals surface area contributed by atoms with Crippen molar-refractivity contribution in [1.82, 2.24) is 24.6 Å². The Kier molecular flexibility index (Phi) is 10.7. The smallest absolute Gasteiger partial charge is 0.416 e. The summed E-state index contributed by atoms with van der Waals surface area (Å²) in [5.41, 5.74) is 0.353. The number of nitrogens with one attached hydrogen (secondary N) is 1. The number of alkyl halides is 3. The number of ketones is 1. The number of thiazole rings is 1. The van der Waals surface area contributed by atoms with Gasteiger partial charge in [-0.25, -0.2) is 18.4 Å². The molecular weight excluding hydrogens is 856 g/mol. The van der Waals surface area contributed by atoms with E-state index in [9.17, 15) is 31.2 Å². The molecule has 5 aromatic rings. The Balaban J connectivity index is 1.00. The van der Waals surface area contributed by atoms with Crippen molar-refractivity contribution >= 4 is 61.0 Å². The van der Waals surface area contributed by atoms with E-state index in [0.717, 1.165) is 67.8 Å². The van der Waals surface area contributed by atoms with Gasteiger partial charge in [0.1, 0.15) is 17.2 Å². The minimum absolute atomic E-state index is 0.0000334. The molecule has 1 N–H and O–H groups in total. The normalized spacial score (nSPS) is 26.2. The molecule has 0 unspecified atom stereocenters. The standard InChI is InChI=1S/C46H46F3N5O7S2/c47-46(48,49)28-17-15-26(16-18-28)41-51-39-32-11-6-7-13-36(32)61-40(39)42(52-41)60-30-22-34-35(55)24-45(44(57)53-63(58,59)31-19-20-31)23-29(45)10-5-3-1-2-4-9-27(43(56)54(34)25-30)21-38-50-33-12-8-14-37(33)62-38/h5-7,10-11,13,15-18,27,29-31,34H,1-4,8-9,12,14,19-25H2,(H,53,57)/b10-5-/t27-,29-,30-,34+,45-/m1/s1. The second-order valence-corrected chi connectivity index (χ2v) is 20.9. The Morgan fingerprint density at radius 2 is 1.79 bits per heavy atom. The van der Waals surface area contributed by atoms with Gasteiger partial charge in [0, 0.05) is 41.0 Å². The van der Waals surface area contributed by atoms with Gasteiger partial charge in [0.15, 0.2) is 11.6 Å². The third-order valence-corrected chi connectivity index (χ3v) is 16.3. The molecule has 3 aliphatic carbocycles. The van der Waals surface area contributed by atoms with E-state index < -0.39 is 56.4 Å². The second-order valence-electron chi connectivity index (χ2n) is 17.8. The van der Waals surface area contributed by atoms with Crippen molar-refractivity contribution in [3.63, 3.8) is 0 Å². The first-order chi connectivity index (χ1) is 30.3. The summed E-state index contributed by atoms with van der Waals surface area (Å²) in [6.45, 7) is 0.0000334. The summed E-state index contributed by atoms with van der Waals surface area (Å²) in [5, 5.41) is 0.903. The molecule has 0 spiro atoms. The molecule has 330 valence electrons. The van der Waals surface area contributed by atoms with Gasteiger partial charge in [-0.05, 0) is 88.0 Å². The molecule has 1 saturated heterocycles. The Labute approximate surface area is 365 Å². The predicted molar refractivity (Wildman–Crippen MR) is 228 cm³/mol. The quantitative estimate of drug-likeness (QED) is 0.150. The SMILES string of the molecule is O=C1C[C@]2(C(=O)NS(=O)(=O)C3CC3)C[C@H]2/C=C\CCCCC[C@H](Cc2nc3c(s2)CCC3)C(=O)N2C[C@H](Oc3nc(-c4ccc(C(F)(F)F)cc4)nc4c3oc3ccccc34)C[C@@H]12. The summed E-state index contributed by atoms with van der Waals surface area (Å²) in [4.78, 5) is 61.0. The number of fused-ring (bicyclic) bond motifs is 6. The monoisotopic (exact) mass is 901 g/mol. The number of allylic oxidation sites excluding steroid dienone is 2. The number of aromatic nitrogens is 3. The number of carbonyl (C=O) groups excluding carboxylic acids is 3. The molecule has 0 bridgehead atoms. The van der Waals surface area contributed by atoms with E-state index in [1.165, 1.54) is 17.0 Å². The minimum Gasteiger partial charge on any atom is -0.470 e. The van der Waals surface area contributed by atoms with Gasteiger partial charge in [-0.2, -0.15) is 18.2 Å². The van der Waals surface area contributed by atoms with Crippen LogP contribution in [0.15, 0.2) is 65.1 Å². The first-order valence-corrected chi connectivity index (χ1v) is 24.2. The van der Waals surface area contributed by atoms with Crippen molar-refractivity contribution in [3.8, 4) is 17.3 Å². The van der Waals surface area contributed by atoms with E-state index >= 15 is 4.79 Å². The molecule has 5 aliphatic rings. The van der Waals surface area contributed by atoms with Crippen molar-refractivity contribution in [1.29, 1.82) is 0 Å². The van der Waals surface area contributed by atoms with E-state index in [2.05, 4.69) is 9.71 Å². The van der Waals surface area contributed by atoms with E-state index in [-0.39, 0.29) is 54.3 Å². The van der Waals surface area contributed by atoms with Gasteiger partial charge < -0.3 is 14.1 Å². The number of hydrogen-bond donors (Lipinski definition) is 1. The number of Topliss-reactive ketones (excluding diaryl/α,β-unsaturated/α-hetero) is 1. The number of hydrogen-bond acceptors (Lipinski definition) is 11. The number of aryl methyl sites for hydroxylation is 2. The summed E-state index contributed by atoms with van der Waals surface area (Å²) in [6, 6.07) is 10.6. The molecule has 2 saturated carbocycles. The number of nitrogens with zero attached hydrogens (tertiary/aromatic N) is 4. The van der Waals surface area contributed by atoms with Crippen molar-refractivity contribution in [3.05, 3.63) is 81.8 Å². The maximum Gasteiger partial charge on any atom is 0.416 e. The highest BCUT2D eigenvalue weighted by Crippen LogP contribution is 2.57. The van der Waals surface area contributed by atoms with Gasteiger partial charge in [0.05, 0.1) is 39.5 Å². The fourth-order valence-corrected chi connectivity index (χ4v) is 12.2. The molecule has 5 heterocycles. The Morgan fingerprint density at radius 3 is 2.57 bits per heavy atom. The molecule has 17 heteroatoms. The lowest BCUT2D eigenvalue weighted by Gasteiger charge is -2.29. The summed E-state index contributed by atoms with van der Waals surface area (Å²) in [7, 11) is -3.89. The van der Waals surface area contributed by atoms with Crippen LogP contribution in [0.25, 0.3) is 33.5 Å². The van der Waals surface area contributed by atoms with Gasteiger partial charge in [-0.3, -0.25) is 19.1 Å². The number of benzene rings is 2. The topological polar surface area (TPSA) is 162 Å². The largest absolute Gasteiger partial charge is 0.470 e. The van der Waals surface area contributed by atoms with Gasteiger partial charge in [0.2, 0.25) is 27.4 Å². The average molecular weight is 902 g/mol. The van der Waals surface area contributed by atoms with Gasteiger partial charge >= 0.3 is 6.18 Å². The van der Waals surface area contributed by atoms with E-state index in [0.29, 0.717) is 54.2 Å². The Morgan fingerprint density at radius 1 is 0.984 bits per heavy atom. The molecule has 3 fully saturated rings. The van der Waals surface area contributed by atoms with Crippen LogP contribution in [0.1, 0.15) is 91.8 Å². The maximum absolute atomic E-state index is 15.0. The fraction of sp³-hybridized carbons (Fsp3) is 0.478. The van der Waals surface area contributed by atoms with Crippen molar-refractivity contribution in [2.24, 2.45) is 17.3 Å². The van der Waals surface area contributed by atoms with Crippen molar-refractivity contribution in [2.75, 3.05) is 6.54 Å². The number of sulfonamides is 1. The first kappa shape index (κ1) is 41.8. The number of para-hydroxylation sites is 1. The van der Waals surface area contributed by atoms with Gasteiger partial charge in [-0.1, -0.05) is 49.3 Å². The van der Waals surface area contributed by atoms with E-state index in [4.69, 9.17) is 19.1 Å². The lowest BCUT2D eigenvalue weighted by Crippen LogP contribution is -2.46. The third kappa shape index (κ3) is 8.26. The van der Waals surface area contributed by atoms with Gasteiger partial charge in [0.25, 0.3) is 5.88 Å². The summed E-state index contributed by atoms with van der Waals surface area (Å²) >= 11 is 1.65. The lowest BCUT2D eigenvalue weighted by atomic mass is 9.90. The summed E-state index contributed by atoms with van der Waals surface area (Å²) in [5.74, 6) is -2.00. The number of rotatable bonds is 8. The average Bonchev–Trinajstić information content (AvgIpc) is 4.00. The molecule has 63 heavy (non-hydrogen) atoms. The maximum atomic E-state index is 15.0. The van der Waals surface area contributed by atoms with Crippen LogP contribution >= 0.6 is 11.3 Å². The van der Waals surface area contributed by atoms with Crippen LogP contribution in [0.5, 0.6) is 5.88 Å². The molecule has 3 aromatic heterocycles. The van der Waals surface area contributed by atoms with Gasteiger partial charge in [-0.15, -0.1) is 11.3 Å². The van der Waals surface area contributed by atoms with Crippen LogP contribution in [0.4, 0.5) is 13.2 Å². The Bertz CT molecular complexity index is 2740. The van der Waals surface area contributed by atoms with Crippen LogP contribution in [0, 0.1) is 17.3 Å². The van der Waals surface area contributed by atoms with Crippen LogP contribution in [0.2, 0.25) is 0 Å². The van der Waals surface area contributed by atoms with E-state index in [1.54, 1.807) is 34.4 Å². The number of furan rings is 1. The molecule has 2 aromatic carbocycles. The predicted octanol–water partition coefficient (Wildman–Crippen LogP) is 8.31. The molecule has 12 nitrogen and oxygen atoms in total. The highest BCUT2D eigenvalue weighted by atomic mass is 32.2. The molecular formula is C46H46F3N5O7S2. The first-order valence-electron chi connectivity index (χ1n) is 21.8. The number of amides is 2. The summed E-state index contributed by atoms with van der Waals surface area (Å²) in [6.07, 6.45) is 6.90. The zero-order valence-electron chi connectivity index (χ0n) is 34.4. The zero-order valence-corrected chi connectivity index (χ0v) is 36.0.